The van der Waals surface area contributed by atoms with Gasteiger partial charge < -0.3 is 14.4 Å². The molecule has 2 bridgehead atoms. The predicted molar refractivity (Wildman–Crippen MR) is 120 cm³/mol. The Morgan fingerprint density at radius 1 is 1.12 bits per heavy atom. The minimum Gasteiger partial charge on any atom is -0.493 e. The molecule has 1 saturated carbocycles. The number of hydrogen-bond acceptors (Lipinski definition) is 4. The van der Waals surface area contributed by atoms with Crippen molar-refractivity contribution in [3.05, 3.63) is 66.1 Å². The van der Waals surface area contributed by atoms with Gasteiger partial charge in [-0.2, -0.15) is 0 Å². The summed E-state index contributed by atoms with van der Waals surface area (Å²) in [4.78, 5) is 19.8. The number of amides is 1. The van der Waals surface area contributed by atoms with Gasteiger partial charge in [-0.05, 0) is 60.9 Å². The van der Waals surface area contributed by atoms with Crippen LogP contribution in [-0.4, -0.2) is 41.6 Å². The van der Waals surface area contributed by atoms with E-state index in [4.69, 9.17) is 9.47 Å². The summed E-state index contributed by atoms with van der Waals surface area (Å²) >= 11 is 0. The Balaban J connectivity index is 1.34. The van der Waals surface area contributed by atoms with Crippen LogP contribution in [0.25, 0.3) is 10.8 Å². The molecule has 3 heterocycles. The monoisotopic (exact) mass is 434 g/mol. The largest absolute Gasteiger partial charge is 0.493 e. The number of carbonyl (C=O) groups is 1. The first-order chi connectivity index (χ1) is 15.6. The van der Waals surface area contributed by atoms with Crippen molar-refractivity contribution in [1.82, 2.24) is 9.88 Å². The van der Waals surface area contributed by atoms with Gasteiger partial charge >= 0.3 is 0 Å². The number of benzene rings is 2. The number of piperidine rings is 2. The average Bonchev–Trinajstić information content (AvgIpc) is 2.83. The number of carbonyl (C=O) groups excluding carboxylic acids is 1. The third-order valence-electron chi connectivity index (χ3n) is 6.80. The van der Waals surface area contributed by atoms with Crippen LogP contribution in [0.4, 0.5) is 4.39 Å². The minimum atomic E-state index is -0.372. The smallest absolute Gasteiger partial charge is 0.258 e. The Labute approximate surface area is 187 Å². The van der Waals surface area contributed by atoms with Crippen molar-refractivity contribution in [2.75, 3.05) is 19.8 Å². The van der Waals surface area contributed by atoms with Gasteiger partial charge in [0, 0.05) is 18.7 Å². The highest BCUT2D eigenvalue weighted by atomic mass is 19.1. The van der Waals surface area contributed by atoms with Crippen molar-refractivity contribution in [1.29, 1.82) is 0 Å². The zero-order valence-corrected chi connectivity index (χ0v) is 18.2. The van der Waals surface area contributed by atoms with E-state index in [1.807, 2.05) is 48.2 Å². The Kier molecular flexibility index (Phi) is 5.68. The fourth-order valence-corrected chi connectivity index (χ4v) is 5.21. The number of hydrogen-bond donors (Lipinski definition) is 0. The molecule has 0 spiro atoms. The molecule has 0 radical (unpaired) electrons. The molecule has 3 unspecified atom stereocenters. The molecule has 6 heteroatoms. The van der Waals surface area contributed by atoms with Crippen LogP contribution >= 0.6 is 0 Å². The van der Waals surface area contributed by atoms with Crippen molar-refractivity contribution in [2.45, 2.75) is 32.2 Å². The molecule has 32 heavy (non-hydrogen) atoms. The van der Waals surface area contributed by atoms with Crippen LogP contribution in [0, 0.1) is 17.7 Å². The second-order valence-electron chi connectivity index (χ2n) is 8.66. The lowest BCUT2D eigenvalue weighted by atomic mass is 9.72. The quantitative estimate of drug-likeness (QED) is 0.542. The highest BCUT2D eigenvalue weighted by Crippen LogP contribution is 2.41. The van der Waals surface area contributed by atoms with Crippen molar-refractivity contribution in [3.63, 3.8) is 0 Å². The maximum absolute atomic E-state index is 13.8. The van der Waals surface area contributed by atoms with E-state index < -0.39 is 0 Å². The molecule has 3 atom stereocenters. The average molecular weight is 435 g/mol. The van der Waals surface area contributed by atoms with Crippen LogP contribution in [0.3, 0.4) is 0 Å². The first-order valence-electron chi connectivity index (χ1n) is 11.3. The molecular formula is C26H27FN2O3. The summed E-state index contributed by atoms with van der Waals surface area (Å²) in [6.07, 6.45) is 4.18. The number of aromatic nitrogens is 1. The molecular weight excluding hydrogens is 407 g/mol. The van der Waals surface area contributed by atoms with Gasteiger partial charge in [0.05, 0.1) is 25.0 Å². The van der Waals surface area contributed by atoms with E-state index in [0.717, 1.165) is 36.6 Å². The van der Waals surface area contributed by atoms with Crippen LogP contribution < -0.4 is 9.47 Å². The Morgan fingerprint density at radius 2 is 2.00 bits per heavy atom. The van der Waals surface area contributed by atoms with Crippen LogP contribution in [0.5, 0.6) is 11.6 Å². The first kappa shape index (κ1) is 20.7. The van der Waals surface area contributed by atoms with Gasteiger partial charge in [-0.15, -0.1) is 0 Å². The fourth-order valence-electron chi connectivity index (χ4n) is 5.21. The van der Waals surface area contributed by atoms with Crippen molar-refractivity contribution < 1.29 is 18.7 Å². The zero-order chi connectivity index (χ0) is 22.1. The van der Waals surface area contributed by atoms with Crippen LogP contribution in [0.15, 0.2) is 54.7 Å². The van der Waals surface area contributed by atoms with Gasteiger partial charge in [0.15, 0.2) is 0 Å². The third kappa shape index (κ3) is 3.90. The standard InChI is InChI=1S/C26H27FN2O3/c1-2-31-23-11-8-17-5-3-4-6-22(17)25(23)26(30)29-15-18-7-10-21(29)13-19(18)16-32-24-12-9-20(27)14-28-24/h3-6,8-9,11-12,14,18-19,21H,2,7,10,13,15-16H2,1H3. The normalized spacial score (nSPS) is 22.2. The molecule has 2 aliphatic heterocycles. The van der Waals surface area contributed by atoms with E-state index in [1.165, 1.54) is 12.3 Å². The Morgan fingerprint density at radius 3 is 2.75 bits per heavy atom. The molecule has 1 aromatic heterocycles. The van der Waals surface area contributed by atoms with Crippen LogP contribution in [-0.2, 0) is 0 Å². The lowest BCUT2D eigenvalue weighted by Crippen LogP contribution is -2.55. The SMILES string of the molecule is CCOc1ccc2ccccc2c1C(=O)N1CC2CCC1CC2COc1ccc(F)cn1. The van der Waals surface area contributed by atoms with Gasteiger partial charge in [-0.25, -0.2) is 9.37 Å². The van der Waals surface area contributed by atoms with Gasteiger partial charge in [0.2, 0.25) is 5.88 Å². The minimum absolute atomic E-state index is 0.0551. The summed E-state index contributed by atoms with van der Waals surface area (Å²) in [5.41, 5.74) is 0.667. The predicted octanol–water partition coefficient (Wildman–Crippen LogP) is 5.09. The third-order valence-corrected chi connectivity index (χ3v) is 6.80. The van der Waals surface area contributed by atoms with E-state index in [2.05, 4.69) is 4.98 Å². The lowest BCUT2D eigenvalue weighted by molar-refractivity contribution is -0.00479. The molecule has 3 aliphatic rings. The second-order valence-corrected chi connectivity index (χ2v) is 8.66. The Bertz CT molecular complexity index is 1120. The zero-order valence-electron chi connectivity index (χ0n) is 18.2. The van der Waals surface area contributed by atoms with Gasteiger partial charge in [-0.1, -0.05) is 30.3 Å². The first-order valence-corrected chi connectivity index (χ1v) is 11.3. The summed E-state index contributed by atoms with van der Waals surface area (Å²) in [7, 11) is 0. The van der Waals surface area contributed by atoms with E-state index >= 15 is 0 Å². The molecule has 2 aromatic carbocycles. The molecule has 1 amide bonds. The van der Waals surface area contributed by atoms with Crippen LogP contribution in [0.1, 0.15) is 36.5 Å². The summed E-state index contributed by atoms with van der Waals surface area (Å²) < 4.78 is 24.8. The van der Waals surface area contributed by atoms with Crippen LogP contribution in [0.2, 0.25) is 0 Å². The van der Waals surface area contributed by atoms with Crippen molar-refractivity contribution in [3.8, 4) is 11.6 Å². The second kappa shape index (κ2) is 8.77. The lowest BCUT2D eigenvalue weighted by Gasteiger charge is -2.49. The molecule has 3 aromatic rings. The topological polar surface area (TPSA) is 51.7 Å². The van der Waals surface area contributed by atoms with E-state index in [1.54, 1.807) is 6.07 Å². The molecule has 0 N–H and O–H groups in total. The maximum atomic E-state index is 13.8. The summed E-state index contributed by atoms with van der Waals surface area (Å²) in [6, 6.07) is 15.0. The molecule has 1 aliphatic carbocycles. The number of nitrogens with zero attached hydrogens (tertiary/aromatic N) is 2. The summed E-state index contributed by atoms with van der Waals surface area (Å²) in [5.74, 6) is 1.53. The number of pyridine rings is 1. The van der Waals surface area contributed by atoms with Gasteiger partial charge in [-0.3, -0.25) is 4.79 Å². The molecule has 5 nitrogen and oxygen atoms in total. The molecule has 166 valence electrons. The van der Waals surface area contributed by atoms with Crippen molar-refractivity contribution in [2.24, 2.45) is 11.8 Å². The number of ether oxygens (including phenoxy) is 2. The Hall–Kier alpha value is -3.15. The van der Waals surface area contributed by atoms with Crippen molar-refractivity contribution >= 4 is 16.7 Å². The highest BCUT2D eigenvalue weighted by Gasteiger charge is 2.43. The van der Waals surface area contributed by atoms with E-state index in [9.17, 15) is 9.18 Å². The van der Waals surface area contributed by atoms with Gasteiger partial charge in [0.25, 0.3) is 5.91 Å². The number of rotatable bonds is 6. The molecule has 2 saturated heterocycles. The number of halogens is 1. The number of fused-ring (bicyclic) bond motifs is 4. The summed E-state index contributed by atoms with van der Waals surface area (Å²) in [6.45, 7) is 3.72. The van der Waals surface area contributed by atoms with Gasteiger partial charge in [0.1, 0.15) is 11.6 Å². The summed E-state index contributed by atoms with van der Waals surface area (Å²) in [5, 5.41) is 1.98. The fraction of sp³-hybridized carbons (Fsp3) is 0.385. The molecule has 6 rings (SSSR count). The molecule has 3 fully saturated rings. The highest BCUT2D eigenvalue weighted by molar-refractivity contribution is 6.09. The maximum Gasteiger partial charge on any atom is 0.258 e. The van der Waals surface area contributed by atoms with E-state index in [-0.39, 0.29) is 17.8 Å². The van der Waals surface area contributed by atoms with E-state index in [0.29, 0.717) is 42.2 Å².